The molecule has 0 bridgehead atoms. The number of nitrogens with one attached hydrogen (secondary N) is 2. The molecule has 2 N–H and O–H groups in total. The molecule has 0 spiro atoms. The maximum Gasteiger partial charge on any atom is 0.191 e. The largest absolute Gasteiger partial charge is 0.356 e. The van der Waals surface area contributed by atoms with E-state index in [9.17, 15) is 0 Å². The first-order valence-corrected chi connectivity index (χ1v) is 9.08. The number of aliphatic imine (C=N–C) groups is 1. The van der Waals surface area contributed by atoms with Crippen LogP contribution in [0.1, 0.15) is 36.8 Å². The molecule has 0 aliphatic carbocycles. The molecular weight excluding hydrogens is 425 g/mol. The third-order valence-corrected chi connectivity index (χ3v) is 5.00. The van der Waals surface area contributed by atoms with E-state index in [0.29, 0.717) is 11.8 Å². The van der Waals surface area contributed by atoms with Gasteiger partial charge in [0.15, 0.2) is 5.96 Å². The van der Waals surface area contributed by atoms with Crippen LogP contribution in [0.2, 0.25) is 0 Å². The van der Waals surface area contributed by atoms with Gasteiger partial charge in [-0.25, -0.2) is 0 Å². The number of hydrogen-bond donors (Lipinski definition) is 2. The van der Waals surface area contributed by atoms with Crippen LogP contribution < -0.4 is 10.6 Å². The summed E-state index contributed by atoms with van der Waals surface area (Å²) in [5.41, 5.74) is 2.77. The third-order valence-electron chi connectivity index (χ3n) is 3.60. The lowest BCUT2D eigenvalue weighted by Crippen LogP contribution is -2.40. The second-order valence-corrected chi connectivity index (χ2v) is 6.81. The van der Waals surface area contributed by atoms with Crippen molar-refractivity contribution in [2.24, 2.45) is 4.99 Å². The lowest BCUT2D eigenvalue weighted by molar-refractivity contribution is 0.673. The molecule has 0 aromatic carbocycles. The van der Waals surface area contributed by atoms with Crippen LogP contribution >= 0.6 is 46.7 Å². The van der Waals surface area contributed by atoms with E-state index in [1.807, 2.05) is 7.05 Å². The van der Waals surface area contributed by atoms with E-state index in [4.69, 9.17) is 0 Å². The Bertz CT molecular complexity index is 492. The highest BCUT2D eigenvalue weighted by Crippen LogP contribution is 2.18. The van der Waals surface area contributed by atoms with Gasteiger partial charge in [-0.2, -0.15) is 22.7 Å². The Balaban J connectivity index is 0.00000242. The summed E-state index contributed by atoms with van der Waals surface area (Å²) in [6, 6.07) is 4.37. The van der Waals surface area contributed by atoms with Crippen LogP contribution in [0.25, 0.3) is 0 Å². The molecular formula is C16H24IN3S2. The van der Waals surface area contributed by atoms with Crippen molar-refractivity contribution < 1.29 is 0 Å². The second kappa shape index (κ2) is 10.2. The van der Waals surface area contributed by atoms with Gasteiger partial charge in [-0.15, -0.1) is 24.0 Å². The molecule has 0 fully saturated rings. The van der Waals surface area contributed by atoms with E-state index in [1.165, 1.54) is 11.1 Å². The lowest BCUT2D eigenvalue weighted by Gasteiger charge is -2.17. The van der Waals surface area contributed by atoms with Crippen LogP contribution in [-0.4, -0.2) is 26.1 Å². The van der Waals surface area contributed by atoms with Crippen molar-refractivity contribution in [1.29, 1.82) is 0 Å². The summed E-state index contributed by atoms with van der Waals surface area (Å²) in [7, 11) is 1.82. The van der Waals surface area contributed by atoms with Crippen molar-refractivity contribution in [3.8, 4) is 0 Å². The molecule has 0 aliphatic heterocycles. The quantitative estimate of drug-likeness (QED) is 0.387. The molecule has 0 amide bonds. The molecule has 2 aromatic heterocycles. The third kappa shape index (κ3) is 5.89. The van der Waals surface area contributed by atoms with Gasteiger partial charge in [0.1, 0.15) is 0 Å². The van der Waals surface area contributed by atoms with Gasteiger partial charge in [-0.3, -0.25) is 4.99 Å². The maximum atomic E-state index is 4.29. The topological polar surface area (TPSA) is 36.4 Å². The normalized spacial score (nSPS) is 12.9. The van der Waals surface area contributed by atoms with Gasteiger partial charge >= 0.3 is 0 Å². The van der Waals surface area contributed by atoms with Crippen LogP contribution in [0.3, 0.4) is 0 Å². The van der Waals surface area contributed by atoms with Crippen LogP contribution in [0.15, 0.2) is 38.6 Å². The summed E-state index contributed by atoms with van der Waals surface area (Å²) in [6.45, 7) is 6.25. The van der Waals surface area contributed by atoms with Gasteiger partial charge < -0.3 is 10.6 Å². The number of rotatable bonds is 6. The Hall–Kier alpha value is -0.600. The van der Waals surface area contributed by atoms with Gasteiger partial charge in [-0.05, 0) is 56.6 Å². The van der Waals surface area contributed by atoms with Gasteiger partial charge in [-0.1, -0.05) is 13.8 Å². The van der Waals surface area contributed by atoms with Crippen LogP contribution in [0.4, 0.5) is 0 Å². The molecule has 2 rings (SSSR count). The van der Waals surface area contributed by atoms with Crippen LogP contribution in [0.5, 0.6) is 0 Å². The standard InChI is InChI=1S/C16H23N3S2.HI/c1-12(14-4-6-20-10-14)8-18-16(17-3)19-9-13(2)15-5-7-21-11-15;/h4-7,10-13H,8-9H2,1-3H3,(H2,17,18,19);1H. The lowest BCUT2D eigenvalue weighted by atomic mass is 10.1. The van der Waals surface area contributed by atoms with Crippen LogP contribution in [0, 0.1) is 0 Å². The number of thiophene rings is 2. The van der Waals surface area contributed by atoms with Crippen molar-refractivity contribution in [3.05, 3.63) is 44.8 Å². The van der Waals surface area contributed by atoms with Crippen molar-refractivity contribution >= 4 is 52.6 Å². The Labute approximate surface area is 158 Å². The van der Waals surface area contributed by atoms with E-state index in [-0.39, 0.29) is 24.0 Å². The minimum atomic E-state index is 0. The number of hydrogen-bond acceptors (Lipinski definition) is 3. The monoisotopic (exact) mass is 449 g/mol. The van der Waals surface area contributed by atoms with Crippen molar-refractivity contribution in [3.63, 3.8) is 0 Å². The summed E-state index contributed by atoms with van der Waals surface area (Å²) in [5.74, 6) is 1.85. The maximum absolute atomic E-state index is 4.29. The van der Waals surface area contributed by atoms with Crippen LogP contribution in [-0.2, 0) is 0 Å². The Morgan fingerprint density at radius 2 is 1.45 bits per heavy atom. The van der Waals surface area contributed by atoms with E-state index < -0.39 is 0 Å². The van der Waals surface area contributed by atoms with E-state index >= 15 is 0 Å². The van der Waals surface area contributed by atoms with Gasteiger partial charge in [0.2, 0.25) is 0 Å². The van der Waals surface area contributed by atoms with Crippen molar-refractivity contribution in [2.75, 3.05) is 20.1 Å². The minimum Gasteiger partial charge on any atom is -0.356 e. The fourth-order valence-electron chi connectivity index (χ4n) is 2.07. The first-order valence-electron chi connectivity index (χ1n) is 7.19. The zero-order valence-corrected chi connectivity index (χ0v) is 17.2. The van der Waals surface area contributed by atoms with E-state index in [1.54, 1.807) is 22.7 Å². The Kier molecular flexibility index (Phi) is 9.04. The highest BCUT2D eigenvalue weighted by atomic mass is 127. The molecule has 0 radical (unpaired) electrons. The molecule has 6 heteroatoms. The number of guanidine groups is 1. The molecule has 2 aromatic rings. The molecule has 0 saturated carbocycles. The Morgan fingerprint density at radius 3 is 1.77 bits per heavy atom. The first kappa shape index (κ1) is 19.4. The summed E-state index contributed by atoms with van der Waals surface area (Å²) >= 11 is 3.50. The zero-order valence-electron chi connectivity index (χ0n) is 13.2. The molecule has 3 nitrogen and oxygen atoms in total. The molecule has 2 heterocycles. The summed E-state index contributed by atoms with van der Waals surface area (Å²) < 4.78 is 0. The van der Waals surface area contributed by atoms with E-state index in [2.05, 4.69) is 63.1 Å². The molecule has 122 valence electrons. The molecule has 2 atom stereocenters. The Morgan fingerprint density at radius 1 is 1.00 bits per heavy atom. The smallest absolute Gasteiger partial charge is 0.191 e. The van der Waals surface area contributed by atoms with Crippen molar-refractivity contribution in [1.82, 2.24) is 10.6 Å². The average Bonchev–Trinajstić information content (AvgIpc) is 3.19. The molecule has 0 aliphatic rings. The zero-order chi connectivity index (χ0) is 15.1. The highest BCUT2D eigenvalue weighted by Gasteiger charge is 2.09. The second-order valence-electron chi connectivity index (χ2n) is 5.25. The highest BCUT2D eigenvalue weighted by molar-refractivity contribution is 14.0. The minimum absolute atomic E-state index is 0. The fraction of sp³-hybridized carbons (Fsp3) is 0.438. The number of nitrogens with zero attached hydrogens (tertiary/aromatic N) is 1. The summed E-state index contributed by atoms with van der Waals surface area (Å²) in [6.07, 6.45) is 0. The number of halogens is 1. The predicted octanol–water partition coefficient (Wildman–Crippen LogP) is 4.50. The molecule has 0 saturated heterocycles. The fourth-order valence-corrected chi connectivity index (χ4v) is 3.63. The van der Waals surface area contributed by atoms with E-state index in [0.717, 1.165) is 19.0 Å². The van der Waals surface area contributed by atoms with Gasteiger partial charge in [0, 0.05) is 20.1 Å². The predicted molar refractivity (Wildman–Crippen MR) is 110 cm³/mol. The van der Waals surface area contributed by atoms with Gasteiger partial charge in [0.05, 0.1) is 0 Å². The van der Waals surface area contributed by atoms with Crippen molar-refractivity contribution in [2.45, 2.75) is 25.7 Å². The average molecular weight is 449 g/mol. The molecule has 2 unspecified atom stereocenters. The SMILES string of the molecule is CN=C(NCC(C)c1ccsc1)NCC(C)c1ccsc1.I. The first-order chi connectivity index (χ1) is 10.2. The summed E-state index contributed by atoms with van der Waals surface area (Å²) in [4.78, 5) is 4.29. The summed E-state index contributed by atoms with van der Waals surface area (Å²) in [5, 5.41) is 15.5. The van der Waals surface area contributed by atoms with Gasteiger partial charge in [0.25, 0.3) is 0 Å². The molecule has 22 heavy (non-hydrogen) atoms.